The third-order valence-electron chi connectivity index (χ3n) is 2.70. The number of nitrogens with one attached hydrogen (secondary N) is 2. The van der Waals surface area contributed by atoms with E-state index in [2.05, 4.69) is 34.2 Å². The molecule has 2 N–H and O–H groups in total. The molecular formula is C10H17N3S. The molecule has 0 bridgehead atoms. The quantitative estimate of drug-likeness (QED) is 0.789. The van der Waals surface area contributed by atoms with Gasteiger partial charge in [-0.15, -0.1) is 0 Å². The number of rotatable bonds is 2. The highest BCUT2D eigenvalue weighted by Crippen LogP contribution is 2.23. The first-order chi connectivity index (χ1) is 6.77. The SMILES string of the molecule is Cc1n[nH]c(C)c1NC1CCSCC1. The molecule has 1 aliphatic heterocycles. The first-order valence-corrected chi connectivity index (χ1v) is 6.28. The average molecular weight is 211 g/mol. The summed E-state index contributed by atoms with van der Waals surface area (Å²) in [6, 6.07) is 0.645. The third-order valence-corrected chi connectivity index (χ3v) is 3.75. The van der Waals surface area contributed by atoms with Crippen molar-refractivity contribution in [2.24, 2.45) is 0 Å². The molecule has 14 heavy (non-hydrogen) atoms. The highest BCUT2D eigenvalue weighted by atomic mass is 32.2. The van der Waals surface area contributed by atoms with Gasteiger partial charge in [0.25, 0.3) is 0 Å². The number of aromatic amines is 1. The van der Waals surface area contributed by atoms with Gasteiger partial charge in [-0.3, -0.25) is 5.10 Å². The van der Waals surface area contributed by atoms with Crippen LogP contribution in [0.15, 0.2) is 0 Å². The van der Waals surface area contributed by atoms with Gasteiger partial charge in [0.2, 0.25) is 0 Å². The van der Waals surface area contributed by atoms with Crippen LogP contribution in [-0.4, -0.2) is 27.7 Å². The number of nitrogens with zero attached hydrogens (tertiary/aromatic N) is 1. The topological polar surface area (TPSA) is 40.7 Å². The van der Waals surface area contributed by atoms with E-state index in [9.17, 15) is 0 Å². The molecule has 4 heteroatoms. The first kappa shape index (κ1) is 9.90. The van der Waals surface area contributed by atoms with Crippen LogP contribution in [0.2, 0.25) is 0 Å². The van der Waals surface area contributed by atoms with Crippen molar-refractivity contribution >= 4 is 17.4 Å². The van der Waals surface area contributed by atoms with Crippen molar-refractivity contribution < 1.29 is 0 Å². The smallest absolute Gasteiger partial charge is 0.0825 e. The molecule has 1 aromatic rings. The highest BCUT2D eigenvalue weighted by Gasteiger charge is 2.16. The predicted molar refractivity (Wildman–Crippen MR) is 62.0 cm³/mol. The lowest BCUT2D eigenvalue weighted by molar-refractivity contribution is 0.666. The Morgan fingerprint density at radius 1 is 1.36 bits per heavy atom. The van der Waals surface area contributed by atoms with Gasteiger partial charge >= 0.3 is 0 Å². The molecular weight excluding hydrogens is 194 g/mol. The minimum Gasteiger partial charge on any atom is -0.379 e. The second-order valence-electron chi connectivity index (χ2n) is 3.84. The fourth-order valence-corrected chi connectivity index (χ4v) is 2.92. The molecule has 0 saturated carbocycles. The Morgan fingerprint density at radius 2 is 2.07 bits per heavy atom. The number of H-pyrrole nitrogens is 1. The van der Waals surface area contributed by atoms with Crippen molar-refractivity contribution in [3.8, 4) is 0 Å². The van der Waals surface area contributed by atoms with Crippen LogP contribution in [0.3, 0.4) is 0 Å². The van der Waals surface area contributed by atoms with Crippen molar-refractivity contribution in [1.82, 2.24) is 10.2 Å². The van der Waals surface area contributed by atoms with E-state index in [1.54, 1.807) is 0 Å². The fraction of sp³-hybridized carbons (Fsp3) is 0.700. The maximum Gasteiger partial charge on any atom is 0.0825 e. The number of anilines is 1. The van der Waals surface area contributed by atoms with Crippen LogP contribution in [0.4, 0.5) is 5.69 Å². The van der Waals surface area contributed by atoms with Crippen molar-refractivity contribution in [3.63, 3.8) is 0 Å². The van der Waals surface area contributed by atoms with E-state index in [4.69, 9.17) is 0 Å². The molecule has 0 aromatic carbocycles. The second kappa shape index (κ2) is 4.26. The number of hydrogen-bond donors (Lipinski definition) is 2. The van der Waals surface area contributed by atoms with Crippen LogP contribution in [0.1, 0.15) is 24.2 Å². The van der Waals surface area contributed by atoms with Gasteiger partial charge in [-0.05, 0) is 38.2 Å². The van der Waals surface area contributed by atoms with Crippen LogP contribution < -0.4 is 5.32 Å². The molecule has 1 aliphatic rings. The lowest BCUT2D eigenvalue weighted by Gasteiger charge is -2.23. The first-order valence-electron chi connectivity index (χ1n) is 5.13. The largest absolute Gasteiger partial charge is 0.379 e. The van der Waals surface area contributed by atoms with Gasteiger partial charge in [0.15, 0.2) is 0 Å². The van der Waals surface area contributed by atoms with Crippen LogP contribution in [0.25, 0.3) is 0 Å². The summed E-state index contributed by atoms with van der Waals surface area (Å²) in [6.45, 7) is 4.11. The lowest BCUT2D eigenvalue weighted by Crippen LogP contribution is -2.24. The Balaban J connectivity index is 2.02. The monoisotopic (exact) mass is 211 g/mol. The summed E-state index contributed by atoms with van der Waals surface area (Å²) in [5.41, 5.74) is 3.45. The fourth-order valence-electron chi connectivity index (χ4n) is 1.81. The van der Waals surface area contributed by atoms with Gasteiger partial charge in [-0.1, -0.05) is 0 Å². The molecule has 0 unspecified atom stereocenters. The Hall–Kier alpha value is -0.640. The molecule has 78 valence electrons. The molecule has 3 nitrogen and oxygen atoms in total. The van der Waals surface area contributed by atoms with Crippen molar-refractivity contribution in [1.29, 1.82) is 0 Å². The molecule has 0 aliphatic carbocycles. The highest BCUT2D eigenvalue weighted by molar-refractivity contribution is 7.99. The maximum absolute atomic E-state index is 4.19. The summed E-state index contributed by atoms with van der Waals surface area (Å²) < 4.78 is 0. The molecule has 0 atom stereocenters. The minimum atomic E-state index is 0.645. The summed E-state index contributed by atoms with van der Waals surface area (Å²) >= 11 is 2.06. The zero-order valence-corrected chi connectivity index (χ0v) is 9.58. The number of hydrogen-bond acceptors (Lipinski definition) is 3. The average Bonchev–Trinajstić information content (AvgIpc) is 2.51. The zero-order valence-electron chi connectivity index (χ0n) is 8.76. The summed E-state index contributed by atoms with van der Waals surface area (Å²) in [6.07, 6.45) is 2.55. The van der Waals surface area contributed by atoms with Crippen LogP contribution >= 0.6 is 11.8 Å². The van der Waals surface area contributed by atoms with Gasteiger partial charge < -0.3 is 5.32 Å². The van der Waals surface area contributed by atoms with E-state index in [1.807, 2.05) is 6.92 Å². The van der Waals surface area contributed by atoms with E-state index in [-0.39, 0.29) is 0 Å². The molecule has 1 fully saturated rings. The van der Waals surface area contributed by atoms with Crippen LogP contribution in [-0.2, 0) is 0 Å². The standard InChI is InChI=1S/C10H17N3S/c1-7-10(8(2)13-12-7)11-9-3-5-14-6-4-9/h9,11H,3-6H2,1-2H3,(H,12,13). The van der Waals surface area contributed by atoms with E-state index in [1.165, 1.54) is 30.0 Å². The van der Waals surface area contributed by atoms with Gasteiger partial charge in [-0.2, -0.15) is 16.9 Å². The van der Waals surface area contributed by atoms with Crippen molar-refractivity contribution in [3.05, 3.63) is 11.4 Å². The summed E-state index contributed by atoms with van der Waals surface area (Å²) in [4.78, 5) is 0. The van der Waals surface area contributed by atoms with E-state index in [0.717, 1.165) is 11.4 Å². The van der Waals surface area contributed by atoms with Gasteiger partial charge in [-0.25, -0.2) is 0 Å². The second-order valence-corrected chi connectivity index (χ2v) is 5.06. The molecule has 0 amide bonds. The summed E-state index contributed by atoms with van der Waals surface area (Å²) in [5, 5.41) is 10.8. The van der Waals surface area contributed by atoms with E-state index in [0.29, 0.717) is 6.04 Å². The molecule has 0 spiro atoms. The van der Waals surface area contributed by atoms with E-state index < -0.39 is 0 Å². The molecule has 2 heterocycles. The third kappa shape index (κ3) is 2.05. The van der Waals surface area contributed by atoms with Crippen LogP contribution in [0.5, 0.6) is 0 Å². The zero-order chi connectivity index (χ0) is 9.97. The van der Waals surface area contributed by atoms with E-state index >= 15 is 0 Å². The van der Waals surface area contributed by atoms with Gasteiger partial charge in [0, 0.05) is 6.04 Å². The summed E-state index contributed by atoms with van der Waals surface area (Å²) in [7, 11) is 0. The Bertz CT molecular complexity index is 283. The number of aromatic nitrogens is 2. The molecule has 2 rings (SSSR count). The predicted octanol–water partition coefficient (Wildman–Crippen LogP) is 2.33. The lowest BCUT2D eigenvalue weighted by atomic mass is 10.1. The maximum atomic E-state index is 4.19. The number of aryl methyl sites for hydroxylation is 2. The molecule has 0 radical (unpaired) electrons. The molecule has 1 saturated heterocycles. The van der Waals surface area contributed by atoms with Gasteiger partial charge in [0.05, 0.1) is 17.1 Å². The van der Waals surface area contributed by atoms with Crippen molar-refractivity contribution in [2.45, 2.75) is 32.7 Å². The Labute approximate surface area is 89.1 Å². The normalized spacial score (nSPS) is 18.4. The summed E-state index contributed by atoms with van der Waals surface area (Å²) in [5.74, 6) is 2.57. The number of thioether (sulfide) groups is 1. The Kier molecular flexibility index (Phi) is 3.01. The minimum absolute atomic E-state index is 0.645. The molecule has 1 aromatic heterocycles. The van der Waals surface area contributed by atoms with Crippen molar-refractivity contribution in [2.75, 3.05) is 16.8 Å². The Morgan fingerprint density at radius 3 is 2.64 bits per heavy atom. The van der Waals surface area contributed by atoms with Gasteiger partial charge in [0.1, 0.15) is 0 Å². The van der Waals surface area contributed by atoms with Crippen LogP contribution in [0, 0.1) is 13.8 Å².